The van der Waals surface area contributed by atoms with Gasteiger partial charge < -0.3 is 9.64 Å². The van der Waals surface area contributed by atoms with Crippen molar-refractivity contribution in [3.8, 4) is 5.75 Å². The van der Waals surface area contributed by atoms with E-state index in [-0.39, 0.29) is 5.91 Å². The molecule has 0 radical (unpaired) electrons. The van der Waals surface area contributed by atoms with E-state index in [1.165, 1.54) is 6.42 Å². The number of hydrogen-bond acceptors (Lipinski definition) is 4. The summed E-state index contributed by atoms with van der Waals surface area (Å²) in [6, 6.07) is 5.08. The summed E-state index contributed by atoms with van der Waals surface area (Å²) in [4.78, 5) is 14.3. The van der Waals surface area contributed by atoms with Gasteiger partial charge in [-0.2, -0.15) is 5.10 Å². The molecule has 0 bridgehead atoms. The summed E-state index contributed by atoms with van der Waals surface area (Å²) in [5, 5.41) is 5.29. The molecule has 25 heavy (non-hydrogen) atoms. The molecular weight excluding hydrogens is 361 g/mol. The molecule has 0 atom stereocenters. The molecule has 1 aromatic rings. The van der Waals surface area contributed by atoms with Crippen LogP contribution < -0.4 is 10.2 Å². The van der Waals surface area contributed by atoms with E-state index in [0.29, 0.717) is 35.2 Å². The van der Waals surface area contributed by atoms with Gasteiger partial charge in [-0.15, -0.1) is 0 Å². The Morgan fingerprint density at radius 3 is 2.76 bits per heavy atom. The van der Waals surface area contributed by atoms with Gasteiger partial charge >= 0.3 is 0 Å². The summed E-state index contributed by atoms with van der Waals surface area (Å²) >= 11 is 11.9. The van der Waals surface area contributed by atoms with E-state index in [1.54, 1.807) is 18.2 Å². The van der Waals surface area contributed by atoms with Gasteiger partial charge in [-0.05, 0) is 37.6 Å². The predicted molar refractivity (Wildman–Crippen MR) is 103 cm³/mol. The highest BCUT2D eigenvalue weighted by Crippen LogP contribution is 2.27. The minimum absolute atomic E-state index is 0.0886. The zero-order valence-electron chi connectivity index (χ0n) is 14.6. The van der Waals surface area contributed by atoms with Gasteiger partial charge in [0.1, 0.15) is 5.75 Å². The van der Waals surface area contributed by atoms with Gasteiger partial charge in [0.15, 0.2) is 0 Å². The fourth-order valence-corrected chi connectivity index (χ4v) is 3.13. The number of ether oxygens (including phenoxy) is 1. The molecule has 0 aliphatic carbocycles. The number of carbonyl (C=O) groups is 1. The van der Waals surface area contributed by atoms with Crippen LogP contribution in [0.2, 0.25) is 10.0 Å². The number of nitrogens with one attached hydrogen (secondary N) is 1. The van der Waals surface area contributed by atoms with Gasteiger partial charge in [-0.25, -0.2) is 5.43 Å². The molecule has 1 aliphatic heterocycles. The van der Waals surface area contributed by atoms with Crippen LogP contribution in [0.15, 0.2) is 23.3 Å². The highest BCUT2D eigenvalue weighted by molar-refractivity contribution is 6.35. The van der Waals surface area contributed by atoms with Gasteiger partial charge in [0.2, 0.25) is 5.91 Å². The lowest BCUT2D eigenvalue weighted by Gasteiger charge is -2.26. The van der Waals surface area contributed by atoms with Crippen molar-refractivity contribution in [3.63, 3.8) is 0 Å². The van der Waals surface area contributed by atoms with Crippen molar-refractivity contribution < 1.29 is 9.53 Å². The Morgan fingerprint density at radius 2 is 2.08 bits per heavy atom. The average Bonchev–Trinajstić information content (AvgIpc) is 2.60. The van der Waals surface area contributed by atoms with Gasteiger partial charge in [-0.3, -0.25) is 4.79 Å². The molecule has 0 saturated carbocycles. The third-order valence-corrected chi connectivity index (χ3v) is 4.54. The lowest BCUT2D eigenvalue weighted by atomic mass is 10.1. The normalized spacial score (nSPS) is 15.1. The summed E-state index contributed by atoms with van der Waals surface area (Å²) in [5.74, 6) is 0.486. The highest BCUT2D eigenvalue weighted by atomic mass is 35.5. The molecule has 0 unspecified atom stereocenters. The molecule has 1 saturated heterocycles. The van der Waals surface area contributed by atoms with E-state index in [9.17, 15) is 4.79 Å². The molecular formula is C18H25Cl2N3O2. The van der Waals surface area contributed by atoms with Gasteiger partial charge in [0.05, 0.1) is 11.6 Å². The van der Waals surface area contributed by atoms with Crippen molar-refractivity contribution in [1.82, 2.24) is 10.3 Å². The Labute approximate surface area is 159 Å². The second-order valence-corrected chi connectivity index (χ2v) is 6.93. The zero-order valence-corrected chi connectivity index (χ0v) is 16.1. The molecule has 1 heterocycles. The number of benzene rings is 1. The van der Waals surface area contributed by atoms with Gasteiger partial charge in [-0.1, -0.05) is 30.1 Å². The molecule has 1 N–H and O–H groups in total. The lowest BCUT2D eigenvalue weighted by Crippen LogP contribution is -2.35. The monoisotopic (exact) mass is 385 g/mol. The number of carbonyl (C=O) groups excluding carboxylic acids is 1. The van der Waals surface area contributed by atoms with Gasteiger partial charge in [0, 0.05) is 43.1 Å². The van der Waals surface area contributed by atoms with E-state index in [2.05, 4.69) is 22.4 Å². The Bertz CT molecular complexity index is 598. The molecule has 1 aromatic carbocycles. The maximum Gasteiger partial charge on any atom is 0.240 e. The van der Waals surface area contributed by atoms with Crippen LogP contribution >= 0.6 is 23.2 Å². The van der Waals surface area contributed by atoms with Gasteiger partial charge in [0.25, 0.3) is 0 Å². The maximum absolute atomic E-state index is 11.8. The fourth-order valence-electron chi connectivity index (χ4n) is 2.67. The quantitative estimate of drug-likeness (QED) is 0.540. The third kappa shape index (κ3) is 7.22. The maximum atomic E-state index is 11.8. The van der Waals surface area contributed by atoms with Crippen molar-refractivity contribution in [2.45, 2.75) is 39.0 Å². The average molecular weight is 386 g/mol. The number of amides is 1. The molecule has 5 nitrogen and oxygen atoms in total. The molecule has 1 amide bonds. The number of hydrogen-bond donors (Lipinski definition) is 1. The number of rotatable bonds is 8. The minimum Gasteiger partial charge on any atom is -0.492 e. The Morgan fingerprint density at radius 1 is 1.32 bits per heavy atom. The summed E-state index contributed by atoms with van der Waals surface area (Å²) in [6.45, 7) is 5.79. The zero-order chi connectivity index (χ0) is 18.1. The standard InChI is InChI=1S/C18H25Cl2N3O2/c1-2-9-23-10-7-15(8-11-23)21-22-18(24)4-3-12-25-17-6-5-14(19)13-16(17)20/h5-6,13H,2-4,7-12H2,1H3,(H,22,24). The first-order valence-corrected chi connectivity index (χ1v) is 9.48. The van der Waals surface area contributed by atoms with Crippen LogP contribution in [-0.4, -0.2) is 42.8 Å². The number of halogens is 2. The third-order valence-electron chi connectivity index (χ3n) is 4.01. The van der Waals surface area contributed by atoms with Crippen LogP contribution in [0, 0.1) is 0 Å². The van der Waals surface area contributed by atoms with Crippen LogP contribution in [0.4, 0.5) is 0 Å². The van der Waals surface area contributed by atoms with Crippen molar-refractivity contribution in [2.24, 2.45) is 5.10 Å². The lowest BCUT2D eigenvalue weighted by molar-refractivity contribution is -0.121. The predicted octanol–water partition coefficient (Wildman–Crippen LogP) is 4.13. The summed E-state index contributed by atoms with van der Waals surface area (Å²) in [6.07, 6.45) is 3.99. The minimum atomic E-state index is -0.0886. The largest absolute Gasteiger partial charge is 0.492 e. The van der Waals surface area contributed by atoms with Crippen LogP contribution in [-0.2, 0) is 4.79 Å². The molecule has 1 aliphatic rings. The number of nitrogens with zero attached hydrogens (tertiary/aromatic N) is 2. The van der Waals surface area contributed by atoms with E-state index in [1.807, 2.05) is 0 Å². The first kappa shape index (κ1) is 20.0. The van der Waals surface area contributed by atoms with E-state index < -0.39 is 0 Å². The van der Waals surface area contributed by atoms with Crippen molar-refractivity contribution in [3.05, 3.63) is 28.2 Å². The Kier molecular flexibility index (Phi) is 8.52. The van der Waals surface area contributed by atoms with Crippen LogP contribution in [0.25, 0.3) is 0 Å². The molecule has 0 aromatic heterocycles. The van der Waals surface area contributed by atoms with Crippen molar-refractivity contribution in [1.29, 1.82) is 0 Å². The summed E-state index contributed by atoms with van der Waals surface area (Å²) in [5.41, 5.74) is 3.72. The van der Waals surface area contributed by atoms with Crippen LogP contribution in [0.3, 0.4) is 0 Å². The van der Waals surface area contributed by atoms with Crippen LogP contribution in [0.5, 0.6) is 5.75 Å². The number of piperidine rings is 1. The second kappa shape index (κ2) is 10.6. The molecule has 138 valence electrons. The topological polar surface area (TPSA) is 53.9 Å². The molecule has 0 spiro atoms. The van der Waals surface area contributed by atoms with Crippen LogP contribution in [0.1, 0.15) is 39.0 Å². The highest BCUT2D eigenvalue weighted by Gasteiger charge is 2.14. The first-order valence-electron chi connectivity index (χ1n) is 8.73. The number of likely N-dealkylation sites (tertiary alicyclic amines) is 1. The van der Waals surface area contributed by atoms with E-state index in [4.69, 9.17) is 27.9 Å². The smallest absolute Gasteiger partial charge is 0.240 e. The fraction of sp³-hybridized carbons (Fsp3) is 0.556. The van der Waals surface area contributed by atoms with Crippen molar-refractivity contribution in [2.75, 3.05) is 26.2 Å². The summed E-state index contributed by atoms with van der Waals surface area (Å²) in [7, 11) is 0. The second-order valence-electron chi connectivity index (χ2n) is 6.08. The molecule has 2 rings (SSSR count). The number of hydrazone groups is 1. The van der Waals surface area contributed by atoms with E-state index in [0.717, 1.165) is 38.2 Å². The Balaban J connectivity index is 1.62. The molecule has 1 fully saturated rings. The Hall–Kier alpha value is -1.30. The first-order chi connectivity index (χ1) is 12.1. The molecule has 7 heteroatoms. The summed E-state index contributed by atoms with van der Waals surface area (Å²) < 4.78 is 5.56. The SMILES string of the molecule is CCCN1CCC(=NNC(=O)CCCOc2ccc(Cl)cc2Cl)CC1. The van der Waals surface area contributed by atoms with Crippen molar-refractivity contribution >= 4 is 34.8 Å². The van der Waals surface area contributed by atoms with E-state index >= 15 is 0 Å².